The Balaban J connectivity index is 1.20. The molecular formula is C28H28N2O4. The Bertz CT molecular complexity index is 1010. The van der Waals surface area contributed by atoms with E-state index in [-0.39, 0.29) is 24.3 Å². The van der Waals surface area contributed by atoms with Gasteiger partial charge in [0, 0.05) is 24.9 Å². The summed E-state index contributed by atoms with van der Waals surface area (Å²) in [4.78, 5) is 27.1. The van der Waals surface area contributed by atoms with Crippen molar-refractivity contribution >= 4 is 12.2 Å². The van der Waals surface area contributed by atoms with Crippen LogP contribution in [-0.2, 0) is 22.3 Å². The number of rotatable bonds is 7. The van der Waals surface area contributed by atoms with E-state index in [9.17, 15) is 9.59 Å². The number of carbonyl (C=O) groups is 2. The van der Waals surface area contributed by atoms with Gasteiger partial charge in [-0.2, -0.15) is 0 Å². The highest BCUT2D eigenvalue weighted by Gasteiger charge is 2.32. The van der Waals surface area contributed by atoms with Gasteiger partial charge in [-0.1, -0.05) is 72.5 Å². The Labute approximate surface area is 200 Å². The largest absolute Gasteiger partial charge is 0.446 e. The van der Waals surface area contributed by atoms with Crippen molar-refractivity contribution in [1.29, 1.82) is 0 Å². The second kappa shape index (κ2) is 11.8. The third-order valence-electron chi connectivity index (χ3n) is 5.80. The van der Waals surface area contributed by atoms with Gasteiger partial charge in [0.05, 0.1) is 12.1 Å². The summed E-state index contributed by atoms with van der Waals surface area (Å²) in [5, 5.41) is 0. The van der Waals surface area contributed by atoms with Crippen molar-refractivity contribution in [2.24, 2.45) is 0 Å². The van der Waals surface area contributed by atoms with Gasteiger partial charge >= 0.3 is 12.2 Å². The predicted octanol–water partition coefficient (Wildman–Crippen LogP) is 4.60. The lowest BCUT2D eigenvalue weighted by molar-refractivity contribution is 0.166. The van der Waals surface area contributed by atoms with Crippen LogP contribution < -0.4 is 0 Å². The summed E-state index contributed by atoms with van der Waals surface area (Å²) in [6, 6.07) is 25.9. The molecule has 0 N–H and O–H groups in total. The van der Waals surface area contributed by atoms with Gasteiger partial charge < -0.3 is 9.47 Å². The first-order valence-corrected chi connectivity index (χ1v) is 11.7. The summed E-state index contributed by atoms with van der Waals surface area (Å²) in [7, 11) is 0. The fraction of sp³-hybridized carbons (Fsp3) is 0.357. The second-order valence-corrected chi connectivity index (χ2v) is 8.37. The lowest BCUT2D eigenvalue weighted by Crippen LogP contribution is -2.30. The van der Waals surface area contributed by atoms with E-state index in [2.05, 4.69) is 23.9 Å². The molecule has 0 aromatic heterocycles. The number of unbranched alkanes of at least 4 members (excludes halogenated alkanes) is 3. The minimum Gasteiger partial charge on any atom is -0.446 e. The monoisotopic (exact) mass is 456 g/mol. The quantitative estimate of drug-likeness (QED) is 0.452. The molecule has 34 heavy (non-hydrogen) atoms. The molecule has 4 rings (SSSR count). The van der Waals surface area contributed by atoms with E-state index in [1.807, 2.05) is 60.7 Å². The highest BCUT2D eigenvalue weighted by Crippen LogP contribution is 2.17. The van der Waals surface area contributed by atoms with Crippen molar-refractivity contribution in [3.8, 4) is 23.9 Å². The van der Waals surface area contributed by atoms with Crippen molar-refractivity contribution in [2.75, 3.05) is 13.2 Å². The van der Waals surface area contributed by atoms with E-state index < -0.39 is 0 Å². The third kappa shape index (κ3) is 6.33. The first-order chi connectivity index (χ1) is 16.7. The van der Waals surface area contributed by atoms with Gasteiger partial charge in [-0.15, -0.1) is 0 Å². The molecule has 2 aliphatic rings. The lowest BCUT2D eigenvalue weighted by Gasteiger charge is -2.14. The second-order valence-electron chi connectivity index (χ2n) is 8.37. The Kier molecular flexibility index (Phi) is 8.08. The fourth-order valence-corrected chi connectivity index (χ4v) is 3.98. The summed E-state index contributed by atoms with van der Waals surface area (Å²) in [6.07, 6.45) is 3.78. The van der Waals surface area contributed by atoms with Crippen LogP contribution >= 0.6 is 0 Å². The molecule has 2 saturated heterocycles. The molecule has 174 valence electrons. The molecule has 2 aromatic carbocycles. The Hall–Kier alpha value is -3.90. The van der Waals surface area contributed by atoms with Crippen molar-refractivity contribution in [3.05, 3.63) is 71.8 Å². The van der Waals surface area contributed by atoms with E-state index in [1.165, 1.54) is 9.80 Å². The molecule has 2 amide bonds. The molecule has 0 bridgehead atoms. The zero-order valence-electron chi connectivity index (χ0n) is 19.1. The average molecular weight is 457 g/mol. The number of carbonyl (C=O) groups excluding carboxylic acids is 2. The normalized spacial score (nSPS) is 19.1. The number of benzene rings is 2. The van der Waals surface area contributed by atoms with Crippen LogP contribution in [0.15, 0.2) is 60.7 Å². The van der Waals surface area contributed by atoms with Crippen LogP contribution in [0.3, 0.4) is 0 Å². The Morgan fingerprint density at radius 2 is 1.09 bits per heavy atom. The molecule has 6 nitrogen and oxygen atoms in total. The summed E-state index contributed by atoms with van der Waals surface area (Å²) >= 11 is 0. The van der Waals surface area contributed by atoms with Crippen LogP contribution in [-0.4, -0.2) is 47.3 Å². The summed E-state index contributed by atoms with van der Waals surface area (Å²) in [5.41, 5.74) is 2.31. The Morgan fingerprint density at radius 3 is 1.50 bits per heavy atom. The number of amides is 2. The zero-order chi connectivity index (χ0) is 23.6. The standard InChI is InChI=1S/C28H28N2O4/c31-27-29(25(21-33-27)19-23-13-7-5-8-14-23)17-11-3-1-2-4-12-18-30-26(22-34-28(30)32)20-24-15-9-6-10-16-24/h5-10,13-16,25-26H,1-4,19-22H2/t25-,26-/m1/s1. The van der Waals surface area contributed by atoms with Crippen LogP contribution in [0, 0.1) is 23.9 Å². The van der Waals surface area contributed by atoms with E-state index in [1.54, 1.807) is 0 Å². The number of cyclic esters (lactones) is 2. The first-order valence-electron chi connectivity index (χ1n) is 11.7. The molecule has 2 heterocycles. The maximum absolute atomic E-state index is 12.0. The molecular weight excluding hydrogens is 428 g/mol. The summed E-state index contributed by atoms with van der Waals surface area (Å²) in [5.74, 6) is 6.18. The summed E-state index contributed by atoms with van der Waals surface area (Å²) in [6.45, 7) is 0.727. The number of hydrogen-bond acceptors (Lipinski definition) is 4. The number of hydrogen-bond donors (Lipinski definition) is 0. The first kappa shape index (κ1) is 23.3. The molecule has 2 atom stereocenters. The molecule has 0 spiro atoms. The topological polar surface area (TPSA) is 59.1 Å². The van der Waals surface area contributed by atoms with E-state index >= 15 is 0 Å². The molecule has 0 unspecified atom stereocenters. The SMILES string of the molecule is O=C1OC[C@@H](Cc2ccccc2)N1C#CCCCCC#CN1C(=O)OC[C@H]1Cc1ccccc1. The van der Waals surface area contributed by atoms with Crippen molar-refractivity contribution in [3.63, 3.8) is 0 Å². The van der Waals surface area contributed by atoms with Crippen LogP contribution in [0.5, 0.6) is 0 Å². The van der Waals surface area contributed by atoms with Crippen LogP contribution in [0.2, 0.25) is 0 Å². The smallest absolute Gasteiger partial charge is 0.422 e. The summed E-state index contributed by atoms with van der Waals surface area (Å²) < 4.78 is 10.4. The van der Waals surface area contributed by atoms with Crippen molar-refractivity contribution in [2.45, 2.75) is 50.6 Å². The minimum absolute atomic E-state index is 0.0580. The predicted molar refractivity (Wildman–Crippen MR) is 128 cm³/mol. The van der Waals surface area contributed by atoms with Crippen molar-refractivity contribution < 1.29 is 19.1 Å². The van der Waals surface area contributed by atoms with E-state index in [4.69, 9.17) is 9.47 Å². The third-order valence-corrected chi connectivity index (χ3v) is 5.80. The van der Waals surface area contributed by atoms with Gasteiger partial charge in [-0.05, 0) is 36.8 Å². The molecule has 2 aromatic rings. The van der Waals surface area contributed by atoms with Gasteiger partial charge in [0.25, 0.3) is 0 Å². The highest BCUT2D eigenvalue weighted by atomic mass is 16.6. The van der Waals surface area contributed by atoms with Gasteiger partial charge in [0.15, 0.2) is 0 Å². The van der Waals surface area contributed by atoms with Gasteiger partial charge in [-0.25, -0.2) is 19.4 Å². The molecule has 2 fully saturated rings. The van der Waals surface area contributed by atoms with Crippen LogP contribution in [0.4, 0.5) is 9.59 Å². The Morgan fingerprint density at radius 1 is 0.676 bits per heavy atom. The highest BCUT2D eigenvalue weighted by molar-refractivity contribution is 5.73. The minimum atomic E-state index is -0.373. The van der Waals surface area contributed by atoms with E-state index in [0.29, 0.717) is 26.1 Å². The average Bonchev–Trinajstić information content (AvgIpc) is 3.38. The molecule has 6 heteroatoms. The van der Waals surface area contributed by atoms with Crippen LogP contribution in [0.25, 0.3) is 0 Å². The molecule has 0 saturated carbocycles. The van der Waals surface area contributed by atoms with Crippen LogP contribution in [0.1, 0.15) is 36.8 Å². The zero-order valence-corrected chi connectivity index (χ0v) is 19.1. The van der Waals surface area contributed by atoms with Gasteiger partial charge in [0.1, 0.15) is 13.2 Å². The molecule has 0 radical (unpaired) electrons. The van der Waals surface area contributed by atoms with Gasteiger partial charge in [-0.3, -0.25) is 0 Å². The fourth-order valence-electron chi connectivity index (χ4n) is 3.98. The van der Waals surface area contributed by atoms with Crippen molar-refractivity contribution in [1.82, 2.24) is 9.80 Å². The number of ether oxygens (including phenoxy) is 2. The lowest BCUT2D eigenvalue weighted by atomic mass is 10.1. The number of nitrogens with zero attached hydrogens (tertiary/aromatic N) is 2. The molecule has 0 aliphatic carbocycles. The maximum Gasteiger partial charge on any atom is 0.422 e. The maximum atomic E-state index is 12.0. The van der Waals surface area contributed by atoms with E-state index in [0.717, 1.165) is 36.8 Å². The van der Waals surface area contributed by atoms with Gasteiger partial charge in [0.2, 0.25) is 0 Å². The molecule has 2 aliphatic heterocycles.